The van der Waals surface area contributed by atoms with Gasteiger partial charge in [-0.1, -0.05) is 30.3 Å². The minimum Gasteiger partial charge on any atom is -0.252 e. The Balaban J connectivity index is 2.11. The highest BCUT2D eigenvalue weighted by molar-refractivity contribution is 7.89. The van der Waals surface area contributed by atoms with Crippen LogP contribution >= 0.6 is 0 Å². The Morgan fingerprint density at radius 3 is 2.60 bits per heavy atom. The summed E-state index contributed by atoms with van der Waals surface area (Å²) >= 11 is 0. The summed E-state index contributed by atoms with van der Waals surface area (Å²) in [5.41, 5.74) is 1.14. The third-order valence-electron chi connectivity index (χ3n) is 2.86. The van der Waals surface area contributed by atoms with Crippen LogP contribution in [0.25, 0.3) is 0 Å². The summed E-state index contributed by atoms with van der Waals surface area (Å²) in [6, 6.07) is 11.6. The lowest BCUT2D eigenvalue weighted by Gasteiger charge is -2.06. The predicted octanol–water partition coefficient (Wildman–Crippen LogP) is 1.03. The van der Waals surface area contributed by atoms with Crippen molar-refractivity contribution in [2.24, 2.45) is 5.14 Å². The molecule has 20 heavy (non-hydrogen) atoms. The van der Waals surface area contributed by atoms with Crippen molar-refractivity contribution in [3.63, 3.8) is 0 Å². The lowest BCUT2D eigenvalue weighted by atomic mass is 10.1. The molecule has 0 radical (unpaired) electrons. The normalized spacial score (nSPS) is 11.2. The van der Waals surface area contributed by atoms with Crippen LogP contribution in [0.1, 0.15) is 17.5 Å². The Labute approximate surface area is 117 Å². The molecule has 2 aromatic rings. The molecule has 2 rings (SSSR count). The summed E-state index contributed by atoms with van der Waals surface area (Å²) in [6.45, 7) is 0.391. The zero-order chi connectivity index (χ0) is 14.6. The number of hydrogen-bond acceptors (Lipinski definition) is 4. The second kappa shape index (κ2) is 5.86. The molecule has 0 bridgehead atoms. The molecule has 7 heteroatoms. The van der Waals surface area contributed by atoms with Crippen LogP contribution in [0.15, 0.2) is 41.6 Å². The van der Waals surface area contributed by atoms with Crippen LogP contribution in [0.5, 0.6) is 0 Å². The first-order valence-corrected chi connectivity index (χ1v) is 7.59. The fourth-order valence-electron chi connectivity index (χ4n) is 1.99. The van der Waals surface area contributed by atoms with Gasteiger partial charge in [-0.15, -0.1) is 0 Å². The zero-order valence-electron chi connectivity index (χ0n) is 10.7. The largest absolute Gasteiger partial charge is 0.256 e. The second-order valence-electron chi connectivity index (χ2n) is 4.33. The molecule has 0 saturated heterocycles. The van der Waals surface area contributed by atoms with Crippen molar-refractivity contribution in [3.05, 3.63) is 47.7 Å². The molecule has 1 aromatic carbocycles. The van der Waals surface area contributed by atoms with E-state index in [1.165, 1.54) is 10.9 Å². The predicted molar refractivity (Wildman–Crippen MR) is 73.1 cm³/mol. The number of aryl methyl sites for hydroxylation is 2. The van der Waals surface area contributed by atoms with Gasteiger partial charge in [0.05, 0.1) is 6.20 Å². The van der Waals surface area contributed by atoms with E-state index in [1.54, 1.807) is 6.07 Å². The molecule has 104 valence electrons. The molecule has 2 N–H and O–H groups in total. The number of benzene rings is 1. The third kappa shape index (κ3) is 3.23. The van der Waals surface area contributed by atoms with Gasteiger partial charge in [-0.05, 0) is 18.4 Å². The average Bonchev–Trinajstić information content (AvgIpc) is 2.83. The molecule has 1 aromatic heterocycles. The number of nitriles is 1. The van der Waals surface area contributed by atoms with E-state index < -0.39 is 10.0 Å². The van der Waals surface area contributed by atoms with Gasteiger partial charge in [0.1, 0.15) is 11.6 Å². The highest BCUT2D eigenvalue weighted by Crippen LogP contribution is 2.14. The molecule has 0 aliphatic carbocycles. The van der Waals surface area contributed by atoms with Gasteiger partial charge in [-0.3, -0.25) is 4.68 Å². The van der Waals surface area contributed by atoms with E-state index in [4.69, 9.17) is 10.4 Å². The van der Waals surface area contributed by atoms with Crippen LogP contribution in [-0.2, 0) is 23.0 Å². The van der Waals surface area contributed by atoms with Gasteiger partial charge in [0, 0.05) is 6.54 Å². The summed E-state index contributed by atoms with van der Waals surface area (Å²) in [5.74, 6) is 0. The molecular formula is C13H14N4O2S. The molecule has 1 heterocycles. The molecular weight excluding hydrogens is 276 g/mol. The Hall–Kier alpha value is -2.17. The van der Waals surface area contributed by atoms with Crippen LogP contribution in [0.2, 0.25) is 0 Å². The van der Waals surface area contributed by atoms with Gasteiger partial charge >= 0.3 is 0 Å². The Morgan fingerprint density at radius 2 is 2.00 bits per heavy atom. The molecule has 0 unspecified atom stereocenters. The van der Waals surface area contributed by atoms with E-state index >= 15 is 0 Å². The van der Waals surface area contributed by atoms with Crippen LogP contribution < -0.4 is 5.14 Å². The SMILES string of the molecule is N#Cc1cnn(CCCc2ccccc2)c1S(N)(=O)=O. The highest BCUT2D eigenvalue weighted by Gasteiger charge is 2.20. The number of hydrogen-bond donors (Lipinski definition) is 1. The summed E-state index contributed by atoms with van der Waals surface area (Å²) < 4.78 is 24.3. The maximum absolute atomic E-state index is 11.5. The van der Waals surface area contributed by atoms with Gasteiger partial charge in [0.15, 0.2) is 5.03 Å². The summed E-state index contributed by atoms with van der Waals surface area (Å²) in [5, 5.41) is 17.7. The van der Waals surface area contributed by atoms with Gasteiger partial charge in [0.2, 0.25) is 0 Å². The molecule has 0 aliphatic heterocycles. The van der Waals surface area contributed by atoms with Crippen molar-refractivity contribution >= 4 is 10.0 Å². The minimum absolute atomic E-state index is 0.0211. The lowest BCUT2D eigenvalue weighted by Crippen LogP contribution is -2.19. The molecule has 0 amide bonds. The van der Waals surface area contributed by atoms with Gasteiger partial charge in [-0.2, -0.15) is 10.4 Å². The van der Waals surface area contributed by atoms with Gasteiger partial charge < -0.3 is 0 Å². The molecule has 0 atom stereocenters. The quantitative estimate of drug-likeness (QED) is 0.888. The monoisotopic (exact) mass is 290 g/mol. The number of aromatic nitrogens is 2. The zero-order valence-corrected chi connectivity index (χ0v) is 11.5. The standard InChI is InChI=1S/C13H14N4O2S/c14-9-12-10-16-17(13(12)20(15,18)19)8-4-7-11-5-2-1-3-6-11/h1-3,5-6,10H,4,7-8H2,(H2,15,18,19). The third-order valence-corrected chi connectivity index (χ3v) is 3.83. The Kier molecular flexibility index (Phi) is 4.17. The van der Waals surface area contributed by atoms with E-state index in [-0.39, 0.29) is 10.6 Å². The van der Waals surface area contributed by atoms with E-state index in [0.717, 1.165) is 12.0 Å². The van der Waals surface area contributed by atoms with Crippen LogP contribution in [-0.4, -0.2) is 18.2 Å². The first-order chi connectivity index (χ1) is 9.52. The van der Waals surface area contributed by atoms with E-state index in [0.29, 0.717) is 13.0 Å². The minimum atomic E-state index is -3.95. The summed E-state index contributed by atoms with van der Waals surface area (Å²) in [7, 11) is -3.95. The van der Waals surface area contributed by atoms with Crippen molar-refractivity contribution < 1.29 is 8.42 Å². The molecule has 0 fully saturated rings. The number of rotatable bonds is 5. The molecule has 0 aliphatic rings. The number of sulfonamides is 1. The van der Waals surface area contributed by atoms with Crippen molar-refractivity contribution in [1.29, 1.82) is 5.26 Å². The van der Waals surface area contributed by atoms with E-state index in [9.17, 15) is 8.42 Å². The van der Waals surface area contributed by atoms with Crippen molar-refractivity contribution in [2.45, 2.75) is 24.4 Å². The lowest BCUT2D eigenvalue weighted by molar-refractivity contribution is 0.518. The van der Waals surface area contributed by atoms with Gasteiger partial charge in [-0.25, -0.2) is 13.6 Å². The van der Waals surface area contributed by atoms with E-state index in [2.05, 4.69) is 5.10 Å². The first kappa shape index (κ1) is 14.2. The van der Waals surface area contributed by atoms with Crippen molar-refractivity contribution in [2.75, 3.05) is 0 Å². The van der Waals surface area contributed by atoms with Crippen LogP contribution in [0.4, 0.5) is 0 Å². The topological polar surface area (TPSA) is 102 Å². The molecule has 6 nitrogen and oxygen atoms in total. The second-order valence-corrected chi connectivity index (χ2v) is 5.81. The van der Waals surface area contributed by atoms with Gasteiger partial charge in [0.25, 0.3) is 10.0 Å². The smallest absolute Gasteiger partial charge is 0.252 e. The summed E-state index contributed by atoms with van der Waals surface area (Å²) in [4.78, 5) is 0. The number of nitrogens with two attached hydrogens (primary N) is 1. The fraction of sp³-hybridized carbons (Fsp3) is 0.231. The highest BCUT2D eigenvalue weighted by atomic mass is 32.2. The fourth-order valence-corrected chi connectivity index (χ4v) is 2.82. The van der Waals surface area contributed by atoms with Crippen LogP contribution in [0, 0.1) is 11.3 Å². The van der Waals surface area contributed by atoms with Crippen LogP contribution in [0.3, 0.4) is 0 Å². The maximum Gasteiger partial charge on any atom is 0.256 e. The Morgan fingerprint density at radius 1 is 1.30 bits per heavy atom. The Bertz CT molecular complexity index is 729. The van der Waals surface area contributed by atoms with E-state index in [1.807, 2.05) is 30.3 Å². The average molecular weight is 290 g/mol. The number of primary sulfonamides is 1. The van der Waals surface area contributed by atoms with Crippen molar-refractivity contribution in [1.82, 2.24) is 9.78 Å². The van der Waals surface area contributed by atoms with Crippen molar-refractivity contribution in [3.8, 4) is 6.07 Å². The first-order valence-electron chi connectivity index (χ1n) is 6.05. The summed E-state index contributed by atoms with van der Waals surface area (Å²) in [6.07, 6.45) is 2.73. The molecule has 0 saturated carbocycles. The maximum atomic E-state index is 11.5. The number of nitrogens with zero attached hydrogens (tertiary/aromatic N) is 3. The molecule has 0 spiro atoms.